The van der Waals surface area contributed by atoms with Gasteiger partial charge in [0, 0.05) is 31.1 Å². The van der Waals surface area contributed by atoms with E-state index in [4.69, 9.17) is 9.47 Å². The molecule has 1 unspecified atom stereocenters. The van der Waals surface area contributed by atoms with E-state index in [0.29, 0.717) is 6.04 Å². The predicted molar refractivity (Wildman–Crippen MR) is 65.7 cm³/mol. The maximum Gasteiger partial charge on any atom is 0.0630 e. The van der Waals surface area contributed by atoms with E-state index >= 15 is 0 Å². The number of hydrogen-bond donors (Lipinski definition) is 0. The second-order valence-electron chi connectivity index (χ2n) is 3.88. The number of unbranched alkanes of at least 4 members (excludes halogenated alkanes) is 1. The van der Waals surface area contributed by atoms with E-state index in [1.165, 1.54) is 12.8 Å². The van der Waals surface area contributed by atoms with Crippen LogP contribution in [0, 0.1) is 0 Å². The van der Waals surface area contributed by atoms with E-state index in [-0.39, 0.29) is 0 Å². The van der Waals surface area contributed by atoms with E-state index in [9.17, 15) is 0 Å². The summed E-state index contributed by atoms with van der Waals surface area (Å²) in [7, 11) is 0. The summed E-state index contributed by atoms with van der Waals surface area (Å²) < 4.78 is 11.0. The van der Waals surface area contributed by atoms with Gasteiger partial charge in [-0.2, -0.15) is 0 Å². The van der Waals surface area contributed by atoms with Crippen molar-refractivity contribution in [2.75, 3.05) is 44.8 Å². The molecule has 1 aliphatic heterocycles. The van der Waals surface area contributed by atoms with Crippen molar-refractivity contribution in [2.24, 2.45) is 0 Å². The Bertz CT molecular complexity index is 158. The molecule has 15 heavy (non-hydrogen) atoms. The first-order valence-electron chi connectivity index (χ1n) is 5.84. The van der Waals surface area contributed by atoms with Gasteiger partial charge in [0.15, 0.2) is 0 Å². The van der Waals surface area contributed by atoms with Crippen LogP contribution >= 0.6 is 15.9 Å². The van der Waals surface area contributed by atoms with Crippen molar-refractivity contribution in [1.82, 2.24) is 4.90 Å². The fourth-order valence-electron chi connectivity index (χ4n) is 1.66. The van der Waals surface area contributed by atoms with Gasteiger partial charge in [0.05, 0.1) is 19.8 Å². The Labute approximate surface area is 101 Å². The van der Waals surface area contributed by atoms with E-state index in [1.54, 1.807) is 0 Å². The van der Waals surface area contributed by atoms with Gasteiger partial charge in [-0.1, -0.05) is 29.3 Å². The Morgan fingerprint density at radius 1 is 1.47 bits per heavy atom. The second-order valence-corrected chi connectivity index (χ2v) is 4.53. The van der Waals surface area contributed by atoms with Crippen molar-refractivity contribution in [3.05, 3.63) is 0 Å². The maximum atomic E-state index is 5.57. The Balaban J connectivity index is 2.07. The van der Waals surface area contributed by atoms with Gasteiger partial charge >= 0.3 is 0 Å². The molecule has 0 aliphatic carbocycles. The topological polar surface area (TPSA) is 21.7 Å². The highest BCUT2D eigenvalue weighted by Gasteiger charge is 2.21. The third-order valence-electron chi connectivity index (χ3n) is 2.69. The van der Waals surface area contributed by atoms with Gasteiger partial charge in [0.25, 0.3) is 0 Å². The number of alkyl halides is 1. The van der Waals surface area contributed by atoms with E-state index < -0.39 is 0 Å². The lowest BCUT2D eigenvalue weighted by Crippen LogP contribution is -2.47. The van der Waals surface area contributed by atoms with Crippen LogP contribution in [0.5, 0.6) is 0 Å². The van der Waals surface area contributed by atoms with E-state index in [0.717, 1.165) is 44.8 Å². The fraction of sp³-hybridized carbons (Fsp3) is 1.00. The monoisotopic (exact) mass is 279 g/mol. The van der Waals surface area contributed by atoms with Gasteiger partial charge in [-0.15, -0.1) is 0 Å². The minimum atomic E-state index is 0.522. The van der Waals surface area contributed by atoms with E-state index in [2.05, 4.69) is 27.8 Å². The molecule has 0 saturated carbocycles. The Hall–Kier alpha value is 0.360. The first-order chi connectivity index (χ1) is 7.38. The molecule has 0 aromatic heterocycles. The number of rotatable bonds is 7. The number of nitrogens with zero attached hydrogens (tertiary/aromatic N) is 1. The lowest BCUT2D eigenvalue weighted by molar-refractivity contribution is -0.0119. The molecule has 0 radical (unpaired) electrons. The third-order valence-corrected chi connectivity index (χ3v) is 3.44. The summed E-state index contributed by atoms with van der Waals surface area (Å²) in [6, 6.07) is 0.522. The highest BCUT2D eigenvalue weighted by atomic mass is 79.9. The minimum absolute atomic E-state index is 0.522. The van der Waals surface area contributed by atoms with Gasteiger partial charge < -0.3 is 9.47 Å². The zero-order chi connectivity index (χ0) is 10.9. The molecule has 4 heteroatoms. The zero-order valence-corrected chi connectivity index (χ0v) is 11.2. The number of hydrogen-bond acceptors (Lipinski definition) is 3. The lowest BCUT2D eigenvalue weighted by Gasteiger charge is -2.34. The van der Waals surface area contributed by atoms with Gasteiger partial charge in [0.2, 0.25) is 0 Å². The molecular formula is C11H22BrNO2. The predicted octanol–water partition coefficient (Wildman–Crippen LogP) is 1.90. The number of morpholine rings is 1. The van der Waals surface area contributed by atoms with Crippen molar-refractivity contribution in [2.45, 2.75) is 25.8 Å². The second kappa shape index (κ2) is 8.50. The van der Waals surface area contributed by atoms with Crippen LogP contribution in [0.25, 0.3) is 0 Å². The van der Waals surface area contributed by atoms with Crippen LogP contribution in [0.2, 0.25) is 0 Å². The highest BCUT2D eigenvalue weighted by Crippen LogP contribution is 2.08. The molecule has 1 heterocycles. The van der Waals surface area contributed by atoms with Crippen LogP contribution in [0.1, 0.15) is 19.8 Å². The van der Waals surface area contributed by atoms with Gasteiger partial charge in [-0.3, -0.25) is 4.90 Å². The molecule has 1 rings (SSSR count). The van der Waals surface area contributed by atoms with Crippen molar-refractivity contribution < 1.29 is 9.47 Å². The lowest BCUT2D eigenvalue weighted by atomic mass is 10.2. The Morgan fingerprint density at radius 2 is 2.33 bits per heavy atom. The molecule has 1 fully saturated rings. The summed E-state index contributed by atoms with van der Waals surface area (Å²) in [5, 5.41) is 0.988. The van der Waals surface area contributed by atoms with Crippen molar-refractivity contribution in [3.63, 3.8) is 0 Å². The summed E-state index contributed by atoms with van der Waals surface area (Å²) in [5.74, 6) is 0. The number of halogens is 1. The molecule has 3 nitrogen and oxygen atoms in total. The maximum absolute atomic E-state index is 5.57. The number of ether oxygens (including phenoxy) is 2. The summed E-state index contributed by atoms with van der Waals surface area (Å²) in [4.78, 5) is 2.45. The standard InChI is InChI=1S/C11H22BrNO2/c1-2-3-6-14-7-4-13-5-8-15-10-11(13)9-12/h11H,2-10H2,1H3. The SMILES string of the molecule is CCCCOCCN1CCOCC1CBr. The third kappa shape index (κ3) is 5.29. The Morgan fingerprint density at radius 3 is 3.07 bits per heavy atom. The smallest absolute Gasteiger partial charge is 0.0630 e. The molecule has 1 aliphatic rings. The quantitative estimate of drug-likeness (QED) is 0.525. The zero-order valence-electron chi connectivity index (χ0n) is 9.58. The summed E-state index contributed by atoms with van der Waals surface area (Å²) in [5.41, 5.74) is 0. The molecule has 0 amide bonds. The van der Waals surface area contributed by atoms with Crippen molar-refractivity contribution in [1.29, 1.82) is 0 Å². The molecule has 0 spiro atoms. The van der Waals surface area contributed by atoms with Crippen LogP contribution in [0.4, 0.5) is 0 Å². The normalized spacial score (nSPS) is 23.2. The summed E-state index contributed by atoms with van der Waals surface area (Å²) in [6.45, 7) is 7.71. The first kappa shape index (κ1) is 13.4. The molecule has 0 N–H and O–H groups in total. The van der Waals surface area contributed by atoms with E-state index in [1.807, 2.05) is 0 Å². The van der Waals surface area contributed by atoms with Gasteiger partial charge in [-0.25, -0.2) is 0 Å². The van der Waals surface area contributed by atoms with Crippen LogP contribution in [0.3, 0.4) is 0 Å². The molecule has 90 valence electrons. The van der Waals surface area contributed by atoms with Crippen molar-refractivity contribution in [3.8, 4) is 0 Å². The van der Waals surface area contributed by atoms with Crippen LogP contribution in [-0.2, 0) is 9.47 Å². The van der Waals surface area contributed by atoms with Gasteiger partial charge in [0.1, 0.15) is 0 Å². The summed E-state index contributed by atoms with van der Waals surface area (Å²) >= 11 is 3.52. The molecule has 0 aromatic rings. The first-order valence-corrected chi connectivity index (χ1v) is 6.96. The minimum Gasteiger partial charge on any atom is -0.380 e. The molecule has 1 saturated heterocycles. The van der Waals surface area contributed by atoms with Crippen LogP contribution < -0.4 is 0 Å². The highest BCUT2D eigenvalue weighted by molar-refractivity contribution is 9.09. The molecule has 0 aromatic carbocycles. The summed E-state index contributed by atoms with van der Waals surface area (Å²) in [6.07, 6.45) is 2.38. The molecule has 0 bridgehead atoms. The largest absolute Gasteiger partial charge is 0.380 e. The molecule has 1 atom stereocenters. The molecular weight excluding hydrogens is 258 g/mol. The average molecular weight is 280 g/mol. The average Bonchev–Trinajstić information content (AvgIpc) is 2.29. The van der Waals surface area contributed by atoms with Gasteiger partial charge in [-0.05, 0) is 6.42 Å². The fourth-order valence-corrected chi connectivity index (χ4v) is 2.25. The van der Waals surface area contributed by atoms with Crippen LogP contribution in [0.15, 0.2) is 0 Å². The van der Waals surface area contributed by atoms with Crippen LogP contribution in [-0.4, -0.2) is 55.8 Å². The Kier molecular flexibility index (Phi) is 7.61. The van der Waals surface area contributed by atoms with Crippen molar-refractivity contribution >= 4 is 15.9 Å².